The van der Waals surface area contributed by atoms with Crippen molar-refractivity contribution in [2.45, 2.75) is 39.7 Å². The number of aliphatic hydroxyl groups excluding tert-OH is 1. The molecule has 0 saturated carbocycles. The molecular weight excluding hydrogens is 390 g/mol. The van der Waals surface area contributed by atoms with Crippen LogP contribution in [0.2, 0.25) is 5.15 Å². The number of pyridine rings is 1. The minimum absolute atomic E-state index is 0.107. The number of nitrogens with zero attached hydrogens (tertiary/aromatic N) is 4. The fraction of sp³-hybridized carbons (Fsp3) is 0.381. The Hall–Kier alpha value is -2.82. The van der Waals surface area contributed by atoms with Gasteiger partial charge in [0.1, 0.15) is 16.5 Å². The van der Waals surface area contributed by atoms with Crippen LogP contribution in [-0.4, -0.2) is 38.3 Å². The Bertz CT molecular complexity index is 1100. The fourth-order valence-corrected chi connectivity index (χ4v) is 3.52. The molecule has 0 aliphatic carbocycles. The van der Waals surface area contributed by atoms with Crippen molar-refractivity contribution in [3.8, 4) is 17.6 Å². The fourth-order valence-electron chi connectivity index (χ4n) is 3.25. The van der Waals surface area contributed by atoms with E-state index in [1.165, 1.54) is 0 Å². The molecule has 3 aromatic heterocycles. The zero-order chi connectivity index (χ0) is 21.0. The highest BCUT2D eigenvalue weighted by Crippen LogP contribution is 2.29. The molecule has 0 amide bonds. The molecule has 0 unspecified atom stereocenters. The van der Waals surface area contributed by atoms with Gasteiger partial charge in [-0.1, -0.05) is 23.4 Å². The average Bonchev–Trinajstić information content (AvgIpc) is 3.02. The zero-order valence-electron chi connectivity index (χ0n) is 16.8. The van der Waals surface area contributed by atoms with Crippen molar-refractivity contribution in [1.29, 1.82) is 0 Å². The quantitative estimate of drug-likeness (QED) is 0.365. The van der Waals surface area contributed by atoms with Crippen molar-refractivity contribution in [3.05, 3.63) is 39.9 Å². The van der Waals surface area contributed by atoms with E-state index in [0.717, 1.165) is 41.0 Å². The van der Waals surface area contributed by atoms with E-state index >= 15 is 0 Å². The van der Waals surface area contributed by atoms with Crippen LogP contribution in [0.25, 0.3) is 11.0 Å². The summed E-state index contributed by atoms with van der Waals surface area (Å²) in [6.45, 7) is 4.59. The van der Waals surface area contributed by atoms with Crippen molar-refractivity contribution in [2.75, 3.05) is 19.5 Å². The van der Waals surface area contributed by atoms with E-state index in [2.05, 4.69) is 26.8 Å². The predicted octanol–water partition coefficient (Wildman–Crippen LogP) is 3.25. The predicted molar refractivity (Wildman–Crippen MR) is 114 cm³/mol. The maximum absolute atomic E-state index is 8.89. The number of nitrogen functional groups attached to an aromatic ring is 1. The van der Waals surface area contributed by atoms with Crippen molar-refractivity contribution in [2.24, 2.45) is 0 Å². The number of aromatic nitrogens is 4. The number of halogens is 1. The first-order valence-electron chi connectivity index (χ1n) is 9.36. The van der Waals surface area contributed by atoms with Gasteiger partial charge in [-0.3, -0.25) is 4.98 Å². The summed E-state index contributed by atoms with van der Waals surface area (Å²) in [5.74, 6) is 7.21. The molecule has 0 aliphatic rings. The standard InChI is InChI=1S/C21H24ClN5O2/c1-13-10-24-16(14(2)18(13)29-3)12-27-11-15(8-6-4-5-7-9-28)17-19(22)25-21(23)26-20(17)27/h10-11,28H,4-5,7,9,12H2,1-3H3,(H2,23,25,26). The number of fused-ring (bicyclic) bond motifs is 1. The van der Waals surface area contributed by atoms with Crippen LogP contribution in [0.4, 0.5) is 5.95 Å². The minimum atomic E-state index is 0.107. The molecule has 3 N–H and O–H groups in total. The Balaban J connectivity index is 2.04. The Morgan fingerprint density at radius 1 is 1.28 bits per heavy atom. The van der Waals surface area contributed by atoms with Gasteiger partial charge in [0.15, 0.2) is 0 Å². The number of methoxy groups -OCH3 is 1. The van der Waals surface area contributed by atoms with Gasteiger partial charge in [-0.25, -0.2) is 4.98 Å². The molecule has 29 heavy (non-hydrogen) atoms. The molecule has 0 aromatic carbocycles. The third kappa shape index (κ3) is 4.44. The number of anilines is 1. The first kappa shape index (κ1) is 20.9. The summed E-state index contributed by atoms with van der Waals surface area (Å²) >= 11 is 6.37. The highest BCUT2D eigenvalue weighted by atomic mass is 35.5. The van der Waals surface area contributed by atoms with Gasteiger partial charge in [-0.15, -0.1) is 0 Å². The second-order valence-electron chi connectivity index (χ2n) is 6.77. The number of aliphatic hydroxyl groups is 1. The lowest BCUT2D eigenvalue weighted by Gasteiger charge is -2.13. The Morgan fingerprint density at radius 2 is 2.07 bits per heavy atom. The van der Waals surface area contributed by atoms with Gasteiger partial charge in [0.2, 0.25) is 5.95 Å². The number of nitrogens with two attached hydrogens (primary N) is 1. The van der Waals surface area contributed by atoms with Gasteiger partial charge in [-0.2, -0.15) is 4.98 Å². The molecule has 0 saturated heterocycles. The van der Waals surface area contributed by atoms with Crippen molar-refractivity contribution in [3.63, 3.8) is 0 Å². The third-order valence-corrected chi connectivity index (χ3v) is 4.97. The Kier molecular flexibility index (Phi) is 6.57. The molecule has 3 heterocycles. The van der Waals surface area contributed by atoms with Gasteiger partial charge < -0.3 is 20.1 Å². The monoisotopic (exact) mass is 413 g/mol. The molecule has 0 spiro atoms. The molecule has 152 valence electrons. The number of hydrogen-bond donors (Lipinski definition) is 2. The smallest absolute Gasteiger partial charge is 0.223 e. The lowest BCUT2D eigenvalue weighted by Crippen LogP contribution is -2.07. The number of rotatable bonds is 6. The summed E-state index contributed by atoms with van der Waals surface area (Å²) in [6.07, 6.45) is 5.96. The number of aryl methyl sites for hydroxylation is 1. The highest BCUT2D eigenvalue weighted by molar-refractivity contribution is 6.34. The molecule has 3 rings (SSSR count). The normalized spacial score (nSPS) is 10.8. The SMILES string of the molecule is COc1c(C)cnc(Cn2cc(C#CCCCCO)c3c(Cl)nc(N)nc32)c1C. The van der Waals surface area contributed by atoms with Gasteiger partial charge in [0.25, 0.3) is 0 Å². The second kappa shape index (κ2) is 9.12. The molecule has 0 bridgehead atoms. The van der Waals surface area contributed by atoms with E-state index in [0.29, 0.717) is 24.0 Å². The maximum Gasteiger partial charge on any atom is 0.223 e. The summed E-state index contributed by atoms with van der Waals surface area (Å²) in [6, 6.07) is 0. The van der Waals surface area contributed by atoms with Crippen LogP contribution in [0.5, 0.6) is 5.75 Å². The van der Waals surface area contributed by atoms with Crippen molar-refractivity contribution in [1.82, 2.24) is 19.5 Å². The van der Waals surface area contributed by atoms with Crippen molar-refractivity contribution >= 4 is 28.6 Å². The second-order valence-corrected chi connectivity index (χ2v) is 7.13. The number of unbranched alkanes of at least 4 members (excludes halogenated alkanes) is 2. The molecule has 0 aliphatic heterocycles. The maximum atomic E-state index is 8.89. The van der Waals surface area contributed by atoms with E-state index in [1.54, 1.807) is 13.3 Å². The van der Waals surface area contributed by atoms with Crippen LogP contribution < -0.4 is 10.5 Å². The first-order valence-corrected chi connectivity index (χ1v) is 9.74. The van der Waals surface area contributed by atoms with Crippen LogP contribution in [0.3, 0.4) is 0 Å². The van der Waals surface area contributed by atoms with Gasteiger partial charge >= 0.3 is 0 Å². The summed E-state index contributed by atoms with van der Waals surface area (Å²) in [7, 11) is 1.66. The third-order valence-electron chi connectivity index (χ3n) is 4.69. The molecule has 0 radical (unpaired) electrons. The highest BCUT2D eigenvalue weighted by Gasteiger charge is 2.17. The van der Waals surface area contributed by atoms with E-state index in [1.807, 2.05) is 24.6 Å². The lowest BCUT2D eigenvalue weighted by atomic mass is 10.1. The van der Waals surface area contributed by atoms with E-state index < -0.39 is 0 Å². The largest absolute Gasteiger partial charge is 0.496 e. The van der Waals surface area contributed by atoms with Crippen LogP contribution in [0.15, 0.2) is 12.4 Å². The van der Waals surface area contributed by atoms with Crippen LogP contribution in [-0.2, 0) is 6.54 Å². The molecule has 3 aromatic rings. The summed E-state index contributed by atoms with van der Waals surface area (Å²) < 4.78 is 7.45. The molecule has 8 heteroatoms. The summed E-state index contributed by atoms with van der Waals surface area (Å²) in [5.41, 5.74) is 10.0. The first-order chi connectivity index (χ1) is 14.0. The van der Waals surface area contributed by atoms with Crippen LogP contribution >= 0.6 is 11.6 Å². The number of hydrogen-bond acceptors (Lipinski definition) is 6. The van der Waals surface area contributed by atoms with Gasteiger partial charge in [0.05, 0.1) is 30.3 Å². The lowest BCUT2D eigenvalue weighted by molar-refractivity contribution is 0.285. The zero-order valence-corrected chi connectivity index (χ0v) is 17.5. The Morgan fingerprint density at radius 3 is 2.79 bits per heavy atom. The van der Waals surface area contributed by atoms with E-state index in [4.69, 9.17) is 27.2 Å². The summed E-state index contributed by atoms with van der Waals surface area (Å²) in [5, 5.41) is 9.84. The van der Waals surface area contributed by atoms with Crippen LogP contribution in [0, 0.1) is 25.7 Å². The molecular formula is C21H24ClN5O2. The van der Waals surface area contributed by atoms with E-state index in [-0.39, 0.29) is 17.7 Å². The minimum Gasteiger partial charge on any atom is -0.496 e. The molecule has 0 fully saturated rings. The molecule has 7 nitrogen and oxygen atoms in total. The Labute approximate surface area is 174 Å². The van der Waals surface area contributed by atoms with Crippen molar-refractivity contribution < 1.29 is 9.84 Å². The number of ether oxygens (including phenoxy) is 1. The van der Waals surface area contributed by atoms with E-state index in [9.17, 15) is 0 Å². The van der Waals surface area contributed by atoms with Gasteiger partial charge in [0, 0.05) is 36.5 Å². The van der Waals surface area contributed by atoms with Crippen LogP contribution in [0.1, 0.15) is 41.6 Å². The average molecular weight is 414 g/mol. The van der Waals surface area contributed by atoms with Gasteiger partial charge in [-0.05, 0) is 26.7 Å². The summed E-state index contributed by atoms with van der Waals surface area (Å²) in [4.78, 5) is 13.0. The molecule has 0 atom stereocenters. The topological polar surface area (TPSA) is 99.1 Å².